The van der Waals surface area contributed by atoms with Gasteiger partial charge in [0.1, 0.15) is 0 Å². The highest BCUT2D eigenvalue weighted by Gasteiger charge is 2.40. The smallest absolute Gasteiger partial charge is 0.162 e. The molecule has 1 heterocycles. The molecule has 0 amide bonds. The largest absolute Gasteiger partial charge is 0.363 e. The minimum Gasteiger partial charge on any atom is -0.363 e. The van der Waals surface area contributed by atoms with E-state index in [1.165, 1.54) is 25.7 Å². The lowest BCUT2D eigenvalue weighted by molar-refractivity contribution is 0.609. The lowest BCUT2D eigenvalue weighted by Gasteiger charge is -2.17. The van der Waals surface area contributed by atoms with Crippen molar-refractivity contribution in [2.75, 3.05) is 6.54 Å². The van der Waals surface area contributed by atoms with E-state index in [-0.39, 0.29) is 0 Å². The molecule has 1 spiro atoms. The Kier molecular flexibility index (Phi) is 3.31. The second kappa shape index (κ2) is 5.33. The molecule has 3 nitrogen and oxygen atoms in total. The summed E-state index contributed by atoms with van der Waals surface area (Å²) in [7, 11) is 0. The third-order valence-electron chi connectivity index (χ3n) is 4.63. The molecular formula is C18H17N3S. The lowest BCUT2D eigenvalue weighted by Crippen LogP contribution is -2.25. The Labute approximate surface area is 134 Å². The van der Waals surface area contributed by atoms with Gasteiger partial charge in [-0.25, -0.2) is 4.99 Å². The van der Waals surface area contributed by atoms with Gasteiger partial charge in [-0.1, -0.05) is 48.9 Å². The van der Waals surface area contributed by atoms with Crippen molar-refractivity contribution in [3.63, 3.8) is 0 Å². The summed E-state index contributed by atoms with van der Waals surface area (Å²) in [6.07, 6.45) is 5.25. The Morgan fingerprint density at radius 2 is 1.86 bits per heavy atom. The number of hydrogen-bond donors (Lipinski definition) is 1. The molecule has 1 aliphatic heterocycles. The topological polar surface area (TPSA) is 48.2 Å². The molecule has 1 saturated carbocycles. The van der Waals surface area contributed by atoms with Crippen molar-refractivity contribution in [1.82, 2.24) is 5.32 Å². The van der Waals surface area contributed by atoms with Crippen molar-refractivity contribution in [3.05, 3.63) is 42.0 Å². The quantitative estimate of drug-likeness (QED) is 0.852. The predicted octanol–water partition coefficient (Wildman–Crippen LogP) is 4.35. The van der Waals surface area contributed by atoms with Crippen LogP contribution in [0.25, 0.3) is 10.8 Å². The van der Waals surface area contributed by atoms with Crippen LogP contribution in [0.1, 0.15) is 31.2 Å². The van der Waals surface area contributed by atoms with E-state index in [2.05, 4.69) is 11.4 Å². The van der Waals surface area contributed by atoms with Crippen LogP contribution < -0.4 is 5.32 Å². The molecule has 0 atom stereocenters. The van der Waals surface area contributed by atoms with Gasteiger partial charge < -0.3 is 5.32 Å². The Morgan fingerprint density at radius 1 is 1.09 bits per heavy atom. The summed E-state index contributed by atoms with van der Waals surface area (Å²) < 4.78 is 0.376. The zero-order valence-corrected chi connectivity index (χ0v) is 13.1. The highest BCUT2D eigenvalue weighted by atomic mass is 32.2. The van der Waals surface area contributed by atoms with Gasteiger partial charge in [0.15, 0.2) is 5.17 Å². The van der Waals surface area contributed by atoms with Gasteiger partial charge in [0.05, 0.1) is 17.3 Å². The van der Waals surface area contributed by atoms with Crippen molar-refractivity contribution in [3.8, 4) is 6.07 Å². The summed E-state index contributed by atoms with van der Waals surface area (Å²) >= 11 is 1.91. The van der Waals surface area contributed by atoms with Crippen molar-refractivity contribution < 1.29 is 0 Å². The number of hydrogen-bond acceptors (Lipinski definition) is 3. The maximum absolute atomic E-state index is 9.25. The molecule has 0 aromatic heterocycles. The van der Waals surface area contributed by atoms with Crippen LogP contribution in [0.3, 0.4) is 0 Å². The number of benzene rings is 2. The monoisotopic (exact) mass is 307 g/mol. The zero-order valence-electron chi connectivity index (χ0n) is 12.3. The van der Waals surface area contributed by atoms with Gasteiger partial charge in [-0.2, -0.15) is 5.26 Å². The summed E-state index contributed by atoms with van der Waals surface area (Å²) in [6.45, 7) is 1.03. The lowest BCUT2D eigenvalue weighted by atomic mass is 10.0. The van der Waals surface area contributed by atoms with Gasteiger partial charge in [-0.3, -0.25) is 0 Å². The summed E-state index contributed by atoms with van der Waals surface area (Å²) in [4.78, 5) is 4.84. The van der Waals surface area contributed by atoms with E-state index < -0.39 is 0 Å². The van der Waals surface area contributed by atoms with Crippen LogP contribution >= 0.6 is 11.8 Å². The molecule has 0 unspecified atom stereocenters. The molecule has 110 valence electrons. The Balaban J connectivity index is 1.74. The average Bonchev–Trinajstić information content (AvgIpc) is 3.18. The van der Waals surface area contributed by atoms with Gasteiger partial charge in [-0.15, -0.1) is 0 Å². The molecule has 1 N–H and O–H groups in total. The molecule has 22 heavy (non-hydrogen) atoms. The molecule has 2 fully saturated rings. The van der Waals surface area contributed by atoms with Crippen molar-refractivity contribution >= 4 is 33.4 Å². The highest BCUT2D eigenvalue weighted by Crippen LogP contribution is 2.45. The molecule has 1 saturated heterocycles. The third-order valence-corrected chi connectivity index (χ3v) is 6.05. The summed E-state index contributed by atoms with van der Waals surface area (Å²) in [5.41, 5.74) is 1.65. The van der Waals surface area contributed by atoms with Crippen LogP contribution in [0.5, 0.6) is 0 Å². The van der Waals surface area contributed by atoms with Crippen LogP contribution in [0.4, 0.5) is 5.69 Å². The average molecular weight is 307 g/mol. The first-order valence-electron chi connectivity index (χ1n) is 7.73. The maximum atomic E-state index is 9.25. The maximum Gasteiger partial charge on any atom is 0.162 e. The summed E-state index contributed by atoms with van der Waals surface area (Å²) in [6, 6.07) is 14.1. The van der Waals surface area contributed by atoms with E-state index in [0.29, 0.717) is 10.3 Å². The fourth-order valence-corrected chi connectivity index (χ4v) is 4.80. The highest BCUT2D eigenvalue weighted by molar-refractivity contribution is 8.15. The van der Waals surface area contributed by atoms with Crippen LogP contribution in [-0.2, 0) is 0 Å². The van der Waals surface area contributed by atoms with Crippen LogP contribution in [0.2, 0.25) is 0 Å². The van der Waals surface area contributed by atoms with Crippen LogP contribution in [0, 0.1) is 11.3 Å². The normalized spacial score (nSPS) is 21.3. The molecule has 2 aromatic carbocycles. The number of rotatable bonds is 1. The molecule has 4 heteroatoms. The zero-order chi connectivity index (χ0) is 15.0. The van der Waals surface area contributed by atoms with E-state index in [1.807, 2.05) is 48.2 Å². The molecule has 0 radical (unpaired) electrons. The van der Waals surface area contributed by atoms with Crippen LogP contribution in [0.15, 0.2) is 41.4 Å². The van der Waals surface area contributed by atoms with E-state index >= 15 is 0 Å². The predicted molar refractivity (Wildman–Crippen MR) is 92.6 cm³/mol. The Hall–Kier alpha value is -1.99. The van der Waals surface area contributed by atoms with Crippen LogP contribution in [-0.4, -0.2) is 16.5 Å². The second-order valence-electron chi connectivity index (χ2n) is 6.05. The first-order chi connectivity index (χ1) is 10.8. The number of aliphatic imine (C=N–C) groups is 1. The van der Waals surface area contributed by atoms with Crippen molar-refractivity contribution in [2.24, 2.45) is 4.99 Å². The molecule has 2 aromatic rings. The number of amidine groups is 1. The molecule has 1 aliphatic carbocycles. The minimum atomic E-state index is 0.376. The van der Waals surface area contributed by atoms with Gasteiger partial charge in [0, 0.05) is 22.1 Å². The van der Waals surface area contributed by atoms with E-state index in [0.717, 1.165) is 28.2 Å². The summed E-state index contributed by atoms with van der Waals surface area (Å²) in [5, 5.41) is 15.8. The second-order valence-corrected chi connectivity index (χ2v) is 7.51. The van der Waals surface area contributed by atoms with Crippen molar-refractivity contribution in [1.29, 1.82) is 5.26 Å². The SMILES string of the molecule is N#Cc1ccc(/N=C2/NCC3(CCCC3)S2)c2ccccc12. The minimum absolute atomic E-state index is 0.376. The van der Waals surface area contributed by atoms with Gasteiger partial charge in [-0.05, 0) is 25.0 Å². The fourth-order valence-electron chi connectivity index (χ4n) is 3.46. The van der Waals surface area contributed by atoms with Crippen molar-refractivity contribution in [2.45, 2.75) is 30.4 Å². The van der Waals surface area contributed by atoms with Gasteiger partial charge in [0.25, 0.3) is 0 Å². The Morgan fingerprint density at radius 3 is 2.64 bits per heavy atom. The first kappa shape index (κ1) is 13.7. The van der Waals surface area contributed by atoms with Gasteiger partial charge in [0.2, 0.25) is 0 Å². The Bertz CT molecular complexity index is 798. The molecule has 4 rings (SSSR count). The molecular weight excluding hydrogens is 290 g/mol. The number of fused-ring (bicyclic) bond motifs is 1. The number of nitrogens with zero attached hydrogens (tertiary/aromatic N) is 2. The van der Waals surface area contributed by atoms with E-state index in [4.69, 9.17) is 4.99 Å². The molecule has 0 bridgehead atoms. The fraction of sp³-hybridized carbons (Fsp3) is 0.333. The van der Waals surface area contributed by atoms with Gasteiger partial charge >= 0.3 is 0 Å². The standard InChI is InChI=1S/C18H17N3S/c19-11-13-7-8-16(15-6-2-1-5-14(13)15)21-17-20-12-18(22-17)9-3-4-10-18/h1-2,5-8H,3-4,9-10,12H2,(H,20,21). The molecule has 2 aliphatic rings. The number of nitrogens with one attached hydrogen (secondary N) is 1. The number of nitriles is 1. The summed E-state index contributed by atoms with van der Waals surface area (Å²) in [5.74, 6) is 0. The van der Waals surface area contributed by atoms with E-state index in [9.17, 15) is 5.26 Å². The van der Waals surface area contributed by atoms with E-state index in [1.54, 1.807) is 0 Å². The first-order valence-corrected chi connectivity index (χ1v) is 8.55. The third kappa shape index (κ3) is 2.26. The number of thioether (sulfide) groups is 1.